The first-order chi connectivity index (χ1) is 26.3. The van der Waals surface area contributed by atoms with Gasteiger partial charge >= 0.3 is 0 Å². The number of benzene rings is 4. The largest absolute Gasteiger partial charge is 0.516 e. The van der Waals surface area contributed by atoms with E-state index < -0.39 is 5.41 Å². The van der Waals surface area contributed by atoms with E-state index in [0.29, 0.717) is 17.8 Å². The van der Waals surface area contributed by atoms with Crippen LogP contribution in [0.4, 0.5) is 5.69 Å². The third-order valence-electron chi connectivity index (χ3n) is 10.8. The SMILES string of the molecule is C=C(/C=C1/Oc2ccc(C(C)(C)C)cc2B(/C=C/C=C\C(=C)C(C)(C)C)/C1=C\O)N1C/C=C\C=C/CC(c2ccccc2)(c2ccccc2)c2ccccc21. The number of hydrogen-bond donors (Lipinski definition) is 1. The number of nitrogens with zero attached hydrogens (tertiary/aromatic N) is 1. The van der Waals surface area contributed by atoms with Gasteiger partial charge in [-0.2, -0.15) is 0 Å². The lowest BCUT2D eigenvalue weighted by molar-refractivity contribution is 0.423. The highest BCUT2D eigenvalue weighted by Gasteiger charge is 2.39. The van der Waals surface area contributed by atoms with Gasteiger partial charge in [-0.1, -0.05) is 188 Å². The Kier molecular flexibility index (Phi) is 11.6. The molecule has 0 spiro atoms. The standard InChI is InChI=1S/C51H54BNO2/c1-38(49(3,4)5)23-19-21-33-52-44-36-42(50(6,7)8)30-31-47(44)55-48(45(52)37-54)35-39(2)53-34-22-10-9-20-32-51(40-24-13-11-14-25-40,41-26-15-12-16-27-41)43-28-17-18-29-46(43)53/h9-31,33,35-37,54H,1-2,32,34H2,3-8H3/b20-9-,22-10-,23-19-,33-21+,45-37-,48-35+. The summed E-state index contributed by atoms with van der Waals surface area (Å²) < 4.78 is 6.70. The van der Waals surface area contributed by atoms with E-state index in [1.165, 1.54) is 28.5 Å². The minimum atomic E-state index is -0.477. The van der Waals surface area contributed by atoms with Crippen molar-refractivity contribution in [3.05, 3.63) is 222 Å². The Morgan fingerprint density at radius 2 is 1.44 bits per heavy atom. The zero-order valence-electron chi connectivity index (χ0n) is 33.3. The second-order valence-electron chi connectivity index (χ2n) is 16.5. The van der Waals surface area contributed by atoms with Crippen molar-refractivity contribution >= 4 is 17.9 Å². The summed E-state index contributed by atoms with van der Waals surface area (Å²) in [5.74, 6) is 3.44. The fraction of sp³-hybridized carbons (Fsp3) is 0.216. The van der Waals surface area contributed by atoms with Crippen LogP contribution in [-0.4, -0.2) is 18.4 Å². The molecule has 278 valence electrons. The molecule has 2 aliphatic heterocycles. The van der Waals surface area contributed by atoms with E-state index in [2.05, 4.69) is 199 Å². The smallest absolute Gasteiger partial charge is 0.247 e. The topological polar surface area (TPSA) is 32.7 Å². The molecule has 0 aliphatic carbocycles. The summed E-state index contributed by atoms with van der Waals surface area (Å²) in [5, 5.41) is 11.0. The number of fused-ring (bicyclic) bond motifs is 2. The van der Waals surface area contributed by atoms with Crippen molar-refractivity contribution in [3.63, 3.8) is 0 Å². The predicted octanol–water partition coefficient (Wildman–Crippen LogP) is 12.1. The molecule has 2 heterocycles. The van der Waals surface area contributed by atoms with Crippen LogP contribution in [0.15, 0.2) is 200 Å². The summed E-state index contributed by atoms with van der Waals surface area (Å²) in [5.41, 5.74) is 8.75. The van der Waals surface area contributed by atoms with Gasteiger partial charge in [-0.05, 0) is 62.7 Å². The molecular formula is C51H54BNO2. The van der Waals surface area contributed by atoms with Crippen molar-refractivity contribution in [2.45, 2.75) is 58.8 Å². The van der Waals surface area contributed by atoms with Crippen LogP contribution in [0.1, 0.15) is 70.2 Å². The Labute approximate surface area is 329 Å². The molecule has 4 aromatic carbocycles. The number of aliphatic hydroxyl groups excluding tert-OH is 1. The van der Waals surface area contributed by atoms with E-state index in [1.54, 1.807) is 0 Å². The van der Waals surface area contributed by atoms with Gasteiger partial charge in [0.05, 0.1) is 11.7 Å². The van der Waals surface area contributed by atoms with Gasteiger partial charge in [0.15, 0.2) is 0 Å². The molecule has 4 aromatic rings. The van der Waals surface area contributed by atoms with Gasteiger partial charge in [-0.3, -0.25) is 0 Å². The zero-order valence-corrected chi connectivity index (χ0v) is 33.3. The van der Waals surface area contributed by atoms with Crippen LogP contribution < -0.4 is 15.1 Å². The van der Waals surface area contributed by atoms with Crippen molar-refractivity contribution in [1.82, 2.24) is 0 Å². The normalized spacial score (nSPS) is 18.5. The minimum Gasteiger partial charge on any atom is -0.516 e. The molecule has 3 nitrogen and oxygen atoms in total. The van der Waals surface area contributed by atoms with Gasteiger partial charge in [-0.15, -0.1) is 5.98 Å². The maximum atomic E-state index is 11.0. The number of para-hydroxylation sites is 1. The Balaban J connectivity index is 1.48. The average Bonchev–Trinajstić information content (AvgIpc) is 3.17. The van der Waals surface area contributed by atoms with Crippen molar-refractivity contribution in [3.8, 4) is 5.75 Å². The minimum absolute atomic E-state index is 0.0277. The van der Waals surface area contributed by atoms with Crippen molar-refractivity contribution in [2.24, 2.45) is 5.41 Å². The summed E-state index contributed by atoms with van der Waals surface area (Å²) in [6.45, 7) is 22.4. The molecule has 0 amide bonds. The molecule has 6 rings (SSSR count). The molecule has 55 heavy (non-hydrogen) atoms. The van der Waals surface area contributed by atoms with Gasteiger partial charge < -0.3 is 14.7 Å². The zero-order chi connectivity index (χ0) is 39.2. The number of hydrogen-bond acceptors (Lipinski definition) is 3. The summed E-state index contributed by atoms with van der Waals surface area (Å²) in [7, 11) is 0. The predicted molar refractivity (Wildman–Crippen MR) is 235 cm³/mol. The van der Waals surface area contributed by atoms with E-state index in [0.717, 1.165) is 34.6 Å². The van der Waals surface area contributed by atoms with Gasteiger partial charge in [0.25, 0.3) is 0 Å². The quantitative estimate of drug-likeness (QED) is 0.117. The summed E-state index contributed by atoms with van der Waals surface area (Å²) in [4.78, 5) is 2.25. The number of anilines is 1. The van der Waals surface area contributed by atoms with E-state index >= 15 is 0 Å². The highest BCUT2D eigenvalue weighted by Crippen LogP contribution is 2.47. The van der Waals surface area contributed by atoms with Crippen LogP contribution in [0.3, 0.4) is 0 Å². The highest BCUT2D eigenvalue weighted by molar-refractivity contribution is 6.85. The molecule has 0 unspecified atom stereocenters. The fourth-order valence-corrected chi connectivity index (χ4v) is 7.42. The number of ether oxygens (including phenoxy) is 1. The number of allylic oxidation sites excluding steroid dienone is 9. The van der Waals surface area contributed by atoms with Crippen LogP contribution in [-0.2, 0) is 10.8 Å². The molecule has 0 saturated carbocycles. The van der Waals surface area contributed by atoms with Crippen LogP contribution in [0, 0.1) is 5.41 Å². The Morgan fingerprint density at radius 3 is 2.07 bits per heavy atom. The third kappa shape index (κ3) is 8.34. The molecule has 0 saturated heterocycles. The molecule has 2 aliphatic rings. The molecule has 0 aromatic heterocycles. The van der Waals surface area contributed by atoms with Crippen LogP contribution >= 0.6 is 0 Å². The molecule has 4 heteroatoms. The first kappa shape index (κ1) is 39.0. The summed E-state index contributed by atoms with van der Waals surface area (Å²) in [6, 6.07) is 36.7. The molecule has 1 N–H and O–H groups in total. The first-order valence-electron chi connectivity index (χ1n) is 19.3. The summed E-state index contributed by atoms with van der Waals surface area (Å²) in [6.07, 6.45) is 18.8. The maximum absolute atomic E-state index is 11.0. The van der Waals surface area contributed by atoms with E-state index in [9.17, 15) is 5.11 Å². The third-order valence-corrected chi connectivity index (χ3v) is 10.8. The Morgan fingerprint density at radius 1 is 0.800 bits per heavy atom. The van der Waals surface area contributed by atoms with Crippen LogP contribution in [0.25, 0.3) is 0 Å². The second-order valence-corrected chi connectivity index (χ2v) is 16.5. The monoisotopic (exact) mass is 723 g/mol. The summed E-state index contributed by atoms with van der Waals surface area (Å²) >= 11 is 0. The van der Waals surface area contributed by atoms with Gasteiger partial charge in [0.2, 0.25) is 6.71 Å². The molecule has 0 radical (unpaired) electrons. The molecule has 0 fully saturated rings. The first-order valence-corrected chi connectivity index (χ1v) is 19.3. The molecule has 0 bridgehead atoms. The average molecular weight is 724 g/mol. The maximum Gasteiger partial charge on any atom is 0.247 e. The van der Waals surface area contributed by atoms with Crippen LogP contribution in [0.5, 0.6) is 5.75 Å². The van der Waals surface area contributed by atoms with Gasteiger partial charge in [-0.25, -0.2) is 0 Å². The molecule has 0 atom stereocenters. The Hall–Kier alpha value is -5.74. The van der Waals surface area contributed by atoms with E-state index in [4.69, 9.17) is 4.74 Å². The lowest BCUT2D eigenvalue weighted by atomic mass is 9.38. The van der Waals surface area contributed by atoms with Crippen LogP contribution in [0.2, 0.25) is 0 Å². The number of rotatable bonds is 7. The van der Waals surface area contributed by atoms with E-state index in [1.807, 2.05) is 18.2 Å². The number of aliphatic hydroxyl groups is 1. The Bertz CT molecular complexity index is 2160. The van der Waals surface area contributed by atoms with Gasteiger partial charge in [0, 0.05) is 29.5 Å². The highest BCUT2D eigenvalue weighted by atomic mass is 16.5. The van der Waals surface area contributed by atoms with Crippen molar-refractivity contribution < 1.29 is 9.84 Å². The lowest BCUT2D eigenvalue weighted by Crippen LogP contribution is -2.39. The van der Waals surface area contributed by atoms with E-state index in [-0.39, 0.29) is 17.5 Å². The second kappa shape index (κ2) is 16.3. The van der Waals surface area contributed by atoms with Crippen molar-refractivity contribution in [1.29, 1.82) is 0 Å². The van der Waals surface area contributed by atoms with Gasteiger partial charge in [0.1, 0.15) is 11.5 Å². The van der Waals surface area contributed by atoms with Crippen molar-refractivity contribution in [2.75, 3.05) is 11.4 Å². The lowest BCUT2D eigenvalue weighted by Gasteiger charge is -2.39. The fourth-order valence-electron chi connectivity index (χ4n) is 7.42. The molecular weight excluding hydrogens is 669 g/mol.